The predicted molar refractivity (Wildman–Crippen MR) is 49.4 cm³/mol. The Bertz CT molecular complexity index is 301. The molecule has 0 saturated carbocycles. The van der Waals surface area contributed by atoms with Crippen LogP contribution in [-0.4, -0.2) is 24.6 Å². The van der Waals surface area contributed by atoms with Gasteiger partial charge in [0.2, 0.25) is 0 Å². The number of ether oxygens (including phenoxy) is 2. The predicted octanol–water partition coefficient (Wildman–Crippen LogP) is 1.06. The van der Waals surface area contributed by atoms with Crippen molar-refractivity contribution >= 4 is 11.9 Å². The molecule has 0 aromatic rings. The molecule has 0 bridgehead atoms. The van der Waals surface area contributed by atoms with Gasteiger partial charge in [0.1, 0.15) is 5.60 Å². The fourth-order valence-corrected chi connectivity index (χ4v) is 1.31. The quantitative estimate of drug-likeness (QED) is 0.467. The van der Waals surface area contributed by atoms with Crippen molar-refractivity contribution in [2.75, 3.05) is 7.11 Å². The first kappa shape index (κ1) is 10.8. The summed E-state index contributed by atoms with van der Waals surface area (Å²) >= 11 is 0. The second-order valence-electron chi connectivity index (χ2n) is 3.84. The van der Waals surface area contributed by atoms with Gasteiger partial charge in [-0.25, -0.2) is 9.59 Å². The third kappa shape index (κ3) is 1.78. The van der Waals surface area contributed by atoms with Gasteiger partial charge in [-0.1, -0.05) is 6.92 Å². The van der Waals surface area contributed by atoms with Gasteiger partial charge >= 0.3 is 11.9 Å². The Balaban J connectivity index is 2.96. The smallest absolute Gasteiger partial charge is 0.335 e. The fraction of sp³-hybridized carbons (Fsp3) is 0.600. The highest BCUT2D eigenvalue weighted by atomic mass is 16.6. The molecule has 0 spiro atoms. The third-order valence-corrected chi connectivity index (χ3v) is 2.58. The molecule has 0 aromatic carbocycles. The number of rotatable bonds is 1. The molecule has 0 radical (unpaired) electrons. The monoisotopic (exact) mass is 198 g/mol. The molecule has 1 saturated heterocycles. The fourth-order valence-electron chi connectivity index (χ4n) is 1.31. The van der Waals surface area contributed by atoms with E-state index < -0.39 is 17.5 Å². The van der Waals surface area contributed by atoms with Crippen molar-refractivity contribution in [2.45, 2.75) is 26.4 Å². The van der Waals surface area contributed by atoms with E-state index in [1.807, 2.05) is 20.8 Å². The Morgan fingerprint density at radius 3 is 2.50 bits per heavy atom. The Morgan fingerprint density at radius 1 is 1.57 bits per heavy atom. The van der Waals surface area contributed by atoms with E-state index in [0.29, 0.717) is 5.57 Å². The van der Waals surface area contributed by atoms with E-state index in [4.69, 9.17) is 4.74 Å². The maximum Gasteiger partial charge on any atom is 0.335 e. The SMILES string of the molecule is COC(=O)/C=C1/C(=O)OC(C)(C)[C@H]1C. The summed E-state index contributed by atoms with van der Waals surface area (Å²) < 4.78 is 9.56. The van der Waals surface area contributed by atoms with Crippen LogP contribution in [-0.2, 0) is 19.1 Å². The number of carbonyl (C=O) groups is 2. The zero-order chi connectivity index (χ0) is 10.9. The van der Waals surface area contributed by atoms with Crippen LogP contribution in [0.2, 0.25) is 0 Å². The summed E-state index contributed by atoms with van der Waals surface area (Å²) in [6.45, 7) is 5.47. The molecule has 0 aliphatic carbocycles. The Kier molecular flexibility index (Phi) is 2.64. The van der Waals surface area contributed by atoms with Crippen LogP contribution in [0, 0.1) is 5.92 Å². The van der Waals surface area contributed by atoms with Gasteiger partial charge in [-0.15, -0.1) is 0 Å². The minimum absolute atomic E-state index is 0.103. The number of methoxy groups -OCH3 is 1. The Morgan fingerprint density at radius 2 is 2.14 bits per heavy atom. The van der Waals surface area contributed by atoms with E-state index in [-0.39, 0.29) is 5.92 Å². The highest BCUT2D eigenvalue weighted by Gasteiger charge is 2.43. The van der Waals surface area contributed by atoms with Crippen molar-refractivity contribution in [3.63, 3.8) is 0 Å². The maximum atomic E-state index is 11.4. The Labute approximate surface area is 82.9 Å². The molecule has 0 aromatic heterocycles. The molecule has 14 heavy (non-hydrogen) atoms. The molecule has 1 aliphatic rings. The Hall–Kier alpha value is -1.32. The molecule has 1 aliphatic heterocycles. The summed E-state index contributed by atoms with van der Waals surface area (Å²) in [6, 6.07) is 0. The van der Waals surface area contributed by atoms with Gasteiger partial charge in [-0.2, -0.15) is 0 Å². The molecule has 4 heteroatoms. The van der Waals surface area contributed by atoms with Crippen LogP contribution >= 0.6 is 0 Å². The zero-order valence-corrected chi connectivity index (χ0v) is 8.79. The number of carbonyl (C=O) groups excluding carboxylic acids is 2. The standard InChI is InChI=1S/C10H14O4/c1-6-7(5-8(11)13-4)9(12)14-10(6,2)3/h5-6H,1-4H3/b7-5+/t6-/m0/s1. The van der Waals surface area contributed by atoms with Crippen LogP contribution in [0.3, 0.4) is 0 Å². The van der Waals surface area contributed by atoms with E-state index in [2.05, 4.69) is 4.74 Å². The first-order chi connectivity index (χ1) is 6.38. The summed E-state index contributed by atoms with van der Waals surface area (Å²) in [5.74, 6) is -1.07. The van der Waals surface area contributed by atoms with Crippen molar-refractivity contribution in [2.24, 2.45) is 5.92 Å². The summed E-state index contributed by atoms with van der Waals surface area (Å²) in [5.41, 5.74) is -0.168. The van der Waals surface area contributed by atoms with Crippen LogP contribution in [0.4, 0.5) is 0 Å². The number of hydrogen-bond acceptors (Lipinski definition) is 4. The van der Waals surface area contributed by atoms with E-state index >= 15 is 0 Å². The van der Waals surface area contributed by atoms with Gasteiger partial charge in [0.05, 0.1) is 12.7 Å². The van der Waals surface area contributed by atoms with Gasteiger partial charge in [0.15, 0.2) is 0 Å². The molecule has 1 fully saturated rings. The second-order valence-corrected chi connectivity index (χ2v) is 3.84. The minimum atomic E-state index is -0.545. The largest absolute Gasteiger partial charge is 0.466 e. The summed E-state index contributed by atoms with van der Waals surface area (Å²) in [6.07, 6.45) is 1.20. The van der Waals surface area contributed by atoms with E-state index in [1.165, 1.54) is 13.2 Å². The lowest BCUT2D eigenvalue weighted by Gasteiger charge is -2.20. The average molecular weight is 198 g/mol. The molecule has 4 nitrogen and oxygen atoms in total. The zero-order valence-electron chi connectivity index (χ0n) is 8.79. The van der Waals surface area contributed by atoms with Crippen LogP contribution < -0.4 is 0 Å². The maximum absolute atomic E-state index is 11.4. The van der Waals surface area contributed by atoms with Crippen molar-refractivity contribution in [1.82, 2.24) is 0 Å². The number of cyclic esters (lactones) is 1. The van der Waals surface area contributed by atoms with E-state index in [0.717, 1.165) is 0 Å². The first-order valence-corrected chi connectivity index (χ1v) is 4.41. The number of esters is 2. The highest BCUT2D eigenvalue weighted by Crippen LogP contribution is 2.35. The highest BCUT2D eigenvalue weighted by molar-refractivity contribution is 5.98. The molecular weight excluding hydrogens is 184 g/mol. The molecule has 1 atom stereocenters. The van der Waals surface area contributed by atoms with Crippen LogP contribution in [0.1, 0.15) is 20.8 Å². The lowest BCUT2D eigenvalue weighted by molar-refractivity contribution is -0.145. The van der Waals surface area contributed by atoms with Crippen LogP contribution in [0.25, 0.3) is 0 Å². The first-order valence-electron chi connectivity index (χ1n) is 4.41. The van der Waals surface area contributed by atoms with Crippen LogP contribution in [0.5, 0.6) is 0 Å². The summed E-state index contributed by atoms with van der Waals surface area (Å²) in [4.78, 5) is 22.3. The molecule has 78 valence electrons. The van der Waals surface area contributed by atoms with Gasteiger partial charge < -0.3 is 9.47 Å². The molecule has 1 heterocycles. The number of hydrogen-bond donors (Lipinski definition) is 0. The normalized spacial score (nSPS) is 27.6. The minimum Gasteiger partial charge on any atom is -0.466 e. The van der Waals surface area contributed by atoms with Crippen molar-refractivity contribution in [3.8, 4) is 0 Å². The van der Waals surface area contributed by atoms with Gasteiger partial charge in [-0.05, 0) is 13.8 Å². The summed E-state index contributed by atoms with van der Waals surface area (Å²) in [5, 5.41) is 0. The van der Waals surface area contributed by atoms with Gasteiger partial charge in [0, 0.05) is 12.0 Å². The molecule has 0 amide bonds. The lowest BCUT2D eigenvalue weighted by atomic mass is 9.89. The van der Waals surface area contributed by atoms with E-state index in [1.54, 1.807) is 0 Å². The van der Waals surface area contributed by atoms with Crippen molar-refractivity contribution in [3.05, 3.63) is 11.6 Å². The molecule has 0 unspecified atom stereocenters. The molecular formula is C10H14O4. The molecule has 0 N–H and O–H groups in total. The lowest BCUT2D eigenvalue weighted by Crippen LogP contribution is -2.25. The topological polar surface area (TPSA) is 52.6 Å². The van der Waals surface area contributed by atoms with Gasteiger partial charge in [-0.3, -0.25) is 0 Å². The van der Waals surface area contributed by atoms with Gasteiger partial charge in [0.25, 0.3) is 0 Å². The van der Waals surface area contributed by atoms with Crippen molar-refractivity contribution in [1.29, 1.82) is 0 Å². The molecule has 1 rings (SSSR count). The average Bonchev–Trinajstić information content (AvgIpc) is 2.28. The van der Waals surface area contributed by atoms with Crippen molar-refractivity contribution < 1.29 is 19.1 Å². The third-order valence-electron chi connectivity index (χ3n) is 2.58. The summed E-state index contributed by atoms with van der Waals surface area (Å²) in [7, 11) is 1.27. The van der Waals surface area contributed by atoms with E-state index in [9.17, 15) is 9.59 Å². The second kappa shape index (κ2) is 3.44. The van der Waals surface area contributed by atoms with Crippen LogP contribution in [0.15, 0.2) is 11.6 Å².